The van der Waals surface area contributed by atoms with Crippen molar-refractivity contribution in [3.8, 4) is 5.75 Å². The summed E-state index contributed by atoms with van der Waals surface area (Å²) in [6, 6.07) is 13.9. The topological polar surface area (TPSA) is 84.5 Å². The number of sulfonamides is 1. The Kier molecular flexibility index (Phi) is 5.46. The van der Waals surface area contributed by atoms with Crippen molar-refractivity contribution in [2.75, 3.05) is 16.3 Å². The van der Waals surface area contributed by atoms with Crippen LogP contribution in [0.2, 0.25) is 0 Å². The van der Waals surface area contributed by atoms with Gasteiger partial charge in [0.2, 0.25) is 10.0 Å². The molecule has 0 aliphatic carbocycles. The van der Waals surface area contributed by atoms with Crippen LogP contribution in [0.3, 0.4) is 0 Å². The molecule has 0 saturated carbocycles. The predicted molar refractivity (Wildman–Crippen MR) is 94.8 cm³/mol. The van der Waals surface area contributed by atoms with E-state index in [0.29, 0.717) is 17.1 Å². The Labute approximate surface area is 141 Å². The molecule has 2 aromatic carbocycles. The highest BCUT2D eigenvalue weighted by Gasteiger charge is 2.17. The monoisotopic (exact) mass is 348 g/mol. The summed E-state index contributed by atoms with van der Waals surface area (Å²) < 4.78 is 30.7. The van der Waals surface area contributed by atoms with Crippen LogP contribution in [0.4, 0.5) is 11.4 Å². The van der Waals surface area contributed by atoms with Gasteiger partial charge in [0, 0.05) is 0 Å². The maximum atomic E-state index is 12.3. The number of rotatable bonds is 6. The highest BCUT2D eigenvalue weighted by Crippen LogP contribution is 2.22. The van der Waals surface area contributed by atoms with Gasteiger partial charge in [-0.1, -0.05) is 29.8 Å². The van der Waals surface area contributed by atoms with Crippen LogP contribution in [0, 0.1) is 6.92 Å². The fraction of sp³-hybridized carbons (Fsp3) is 0.235. The van der Waals surface area contributed by atoms with Gasteiger partial charge in [0.1, 0.15) is 5.75 Å². The van der Waals surface area contributed by atoms with Gasteiger partial charge in [-0.25, -0.2) is 8.42 Å². The minimum atomic E-state index is -3.44. The minimum Gasteiger partial charge on any atom is -0.481 e. The summed E-state index contributed by atoms with van der Waals surface area (Å²) in [5.41, 5.74) is 1.77. The quantitative estimate of drug-likeness (QED) is 0.841. The van der Waals surface area contributed by atoms with Gasteiger partial charge in [0.05, 0.1) is 17.6 Å². The smallest absolute Gasteiger partial charge is 0.265 e. The average molecular weight is 348 g/mol. The summed E-state index contributed by atoms with van der Waals surface area (Å²) in [5, 5.41) is 2.67. The fourth-order valence-corrected chi connectivity index (χ4v) is 2.57. The van der Waals surface area contributed by atoms with Crippen molar-refractivity contribution >= 4 is 27.3 Å². The largest absolute Gasteiger partial charge is 0.481 e. The molecule has 0 saturated heterocycles. The van der Waals surface area contributed by atoms with E-state index in [-0.39, 0.29) is 5.91 Å². The van der Waals surface area contributed by atoms with Crippen molar-refractivity contribution in [1.82, 2.24) is 0 Å². The van der Waals surface area contributed by atoms with Crippen molar-refractivity contribution in [2.24, 2.45) is 0 Å². The summed E-state index contributed by atoms with van der Waals surface area (Å²) in [5.74, 6) is 0.212. The van der Waals surface area contributed by atoms with Gasteiger partial charge in [-0.3, -0.25) is 9.52 Å². The molecule has 0 fully saturated rings. The van der Waals surface area contributed by atoms with E-state index in [1.165, 1.54) is 0 Å². The highest BCUT2D eigenvalue weighted by atomic mass is 32.2. The number of hydrogen-bond acceptors (Lipinski definition) is 4. The Morgan fingerprint density at radius 2 is 1.62 bits per heavy atom. The number of ether oxygens (including phenoxy) is 1. The van der Waals surface area contributed by atoms with E-state index >= 15 is 0 Å². The molecule has 0 aliphatic rings. The first-order valence-electron chi connectivity index (χ1n) is 7.35. The fourth-order valence-electron chi connectivity index (χ4n) is 1.99. The van der Waals surface area contributed by atoms with Gasteiger partial charge in [0.25, 0.3) is 5.91 Å². The van der Waals surface area contributed by atoms with E-state index in [4.69, 9.17) is 4.74 Å². The minimum absolute atomic E-state index is 0.302. The molecule has 2 rings (SSSR count). The zero-order chi connectivity index (χ0) is 17.7. The lowest BCUT2D eigenvalue weighted by Crippen LogP contribution is -2.30. The number of aryl methyl sites for hydroxylation is 1. The van der Waals surface area contributed by atoms with Crippen LogP contribution in [0.1, 0.15) is 12.5 Å². The van der Waals surface area contributed by atoms with Crippen LogP contribution >= 0.6 is 0 Å². The number of benzene rings is 2. The molecule has 128 valence electrons. The Morgan fingerprint density at radius 1 is 1.04 bits per heavy atom. The van der Waals surface area contributed by atoms with E-state index in [9.17, 15) is 13.2 Å². The van der Waals surface area contributed by atoms with Crippen molar-refractivity contribution in [1.29, 1.82) is 0 Å². The third-order valence-corrected chi connectivity index (χ3v) is 3.77. The Hall–Kier alpha value is -2.54. The number of hydrogen-bond donors (Lipinski definition) is 2. The Balaban J connectivity index is 2.07. The summed E-state index contributed by atoms with van der Waals surface area (Å²) >= 11 is 0. The van der Waals surface area contributed by atoms with Gasteiger partial charge in [0.15, 0.2) is 6.10 Å². The van der Waals surface area contributed by atoms with Gasteiger partial charge < -0.3 is 10.1 Å². The van der Waals surface area contributed by atoms with Crippen LogP contribution in [-0.2, 0) is 14.8 Å². The van der Waals surface area contributed by atoms with E-state index in [1.807, 2.05) is 19.1 Å². The van der Waals surface area contributed by atoms with Crippen molar-refractivity contribution < 1.29 is 17.9 Å². The number of carbonyl (C=O) groups excluding carboxylic acids is 1. The first-order valence-corrected chi connectivity index (χ1v) is 9.25. The number of carbonyl (C=O) groups is 1. The zero-order valence-electron chi connectivity index (χ0n) is 13.7. The third kappa shape index (κ3) is 5.27. The Morgan fingerprint density at radius 3 is 2.21 bits per heavy atom. The van der Waals surface area contributed by atoms with Crippen LogP contribution < -0.4 is 14.8 Å². The average Bonchev–Trinajstić information content (AvgIpc) is 2.50. The number of anilines is 2. The third-order valence-electron chi connectivity index (χ3n) is 3.18. The van der Waals surface area contributed by atoms with Crippen molar-refractivity contribution in [2.45, 2.75) is 20.0 Å². The van der Waals surface area contributed by atoms with Gasteiger partial charge in [-0.05, 0) is 38.1 Å². The highest BCUT2D eigenvalue weighted by molar-refractivity contribution is 7.92. The number of para-hydroxylation sites is 2. The van der Waals surface area contributed by atoms with Crippen LogP contribution in [0.25, 0.3) is 0 Å². The molecule has 1 unspecified atom stereocenters. The molecule has 0 radical (unpaired) electrons. The molecule has 1 amide bonds. The summed E-state index contributed by atoms with van der Waals surface area (Å²) in [6.07, 6.45) is 0.313. The molecule has 6 nitrogen and oxygen atoms in total. The first kappa shape index (κ1) is 17.8. The molecule has 2 N–H and O–H groups in total. The molecule has 0 aliphatic heterocycles. The summed E-state index contributed by atoms with van der Waals surface area (Å²) in [4.78, 5) is 12.3. The lowest BCUT2D eigenvalue weighted by Gasteiger charge is -2.17. The van der Waals surface area contributed by atoms with E-state index in [2.05, 4.69) is 10.0 Å². The molecular weight excluding hydrogens is 328 g/mol. The second kappa shape index (κ2) is 7.35. The first-order chi connectivity index (χ1) is 11.2. The normalized spacial score (nSPS) is 12.3. The maximum absolute atomic E-state index is 12.3. The Bertz CT molecular complexity index is 817. The molecule has 0 heterocycles. The SMILES string of the molecule is Cc1ccc(OC(C)C(=O)Nc2ccccc2NS(C)(=O)=O)cc1. The molecule has 1 atom stereocenters. The van der Waals surface area contributed by atoms with Gasteiger partial charge in [-0.2, -0.15) is 0 Å². The molecule has 0 spiro atoms. The van der Waals surface area contributed by atoms with Gasteiger partial charge in [-0.15, -0.1) is 0 Å². The van der Waals surface area contributed by atoms with E-state index < -0.39 is 16.1 Å². The summed E-state index contributed by atoms with van der Waals surface area (Å²) in [7, 11) is -3.44. The second-order valence-corrected chi connectivity index (χ2v) is 7.23. The molecule has 0 aromatic heterocycles. The second-order valence-electron chi connectivity index (χ2n) is 5.48. The number of nitrogens with one attached hydrogen (secondary N) is 2. The van der Waals surface area contributed by atoms with Crippen LogP contribution in [-0.4, -0.2) is 26.7 Å². The standard InChI is InChI=1S/C17H20N2O4S/c1-12-8-10-14(11-9-12)23-13(2)17(20)18-15-6-4-5-7-16(15)19-24(3,21)22/h4-11,13,19H,1-3H3,(H,18,20). The lowest BCUT2D eigenvalue weighted by atomic mass is 10.2. The van der Waals surface area contributed by atoms with Crippen LogP contribution in [0.15, 0.2) is 48.5 Å². The van der Waals surface area contributed by atoms with E-state index in [0.717, 1.165) is 11.8 Å². The van der Waals surface area contributed by atoms with Gasteiger partial charge >= 0.3 is 0 Å². The van der Waals surface area contributed by atoms with Crippen molar-refractivity contribution in [3.05, 3.63) is 54.1 Å². The molecule has 7 heteroatoms. The molecule has 2 aromatic rings. The zero-order valence-corrected chi connectivity index (χ0v) is 14.6. The summed E-state index contributed by atoms with van der Waals surface area (Å²) in [6.45, 7) is 3.59. The molecular formula is C17H20N2O4S. The molecule has 24 heavy (non-hydrogen) atoms. The maximum Gasteiger partial charge on any atom is 0.265 e. The van der Waals surface area contributed by atoms with E-state index in [1.54, 1.807) is 43.3 Å². The van der Waals surface area contributed by atoms with Crippen LogP contribution in [0.5, 0.6) is 5.75 Å². The molecule has 0 bridgehead atoms. The predicted octanol–water partition coefficient (Wildman–Crippen LogP) is 2.77. The lowest BCUT2D eigenvalue weighted by molar-refractivity contribution is -0.122. The number of amides is 1. The van der Waals surface area contributed by atoms with Crippen molar-refractivity contribution in [3.63, 3.8) is 0 Å².